The van der Waals surface area contributed by atoms with E-state index in [1.807, 2.05) is 36.4 Å². The van der Waals surface area contributed by atoms with Crippen LogP contribution in [0.2, 0.25) is 0 Å². The molecule has 1 fully saturated rings. The molecule has 1 unspecified atom stereocenters. The lowest BCUT2D eigenvalue weighted by Gasteiger charge is -2.12. The van der Waals surface area contributed by atoms with E-state index in [1.54, 1.807) is 12.4 Å². The third kappa shape index (κ3) is 3.48. The summed E-state index contributed by atoms with van der Waals surface area (Å²) in [5.74, 6) is 2.45. The van der Waals surface area contributed by atoms with Gasteiger partial charge in [0.2, 0.25) is 0 Å². The molecule has 0 saturated carbocycles. The smallest absolute Gasteiger partial charge is 0.130 e. The van der Waals surface area contributed by atoms with Crippen LogP contribution in [0.5, 0.6) is 17.2 Å². The summed E-state index contributed by atoms with van der Waals surface area (Å²) in [6, 6.07) is 11.8. The van der Waals surface area contributed by atoms with E-state index in [1.165, 1.54) is 12.8 Å². The number of pyridine rings is 1. The van der Waals surface area contributed by atoms with Crippen molar-refractivity contribution in [3.8, 4) is 17.2 Å². The van der Waals surface area contributed by atoms with E-state index in [0.29, 0.717) is 6.04 Å². The van der Waals surface area contributed by atoms with Gasteiger partial charge >= 0.3 is 0 Å². The van der Waals surface area contributed by atoms with Gasteiger partial charge in [-0.1, -0.05) is 0 Å². The first kappa shape index (κ1) is 12.9. The van der Waals surface area contributed by atoms with Gasteiger partial charge in [-0.15, -0.1) is 0 Å². The van der Waals surface area contributed by atoms with Crippen molar-refractivity contribution in [2.24, 2.45) is 0 Å². The number of nitrogens with one attached hydrogen (secondary N) is 1. The Morgan fingerprint density at radius 1 is 1.00 bits per heavy atom. The molecule has 1 saturated heterocycles. The Bertz CT molecular complexity index is 522. The highest BCUT2D eigenvalue weighted by Gasteiger charge is 2.14. The van der Waals surface area contributed by atoms with Gasteiger partial charge in [-0.05, 0) is 55.8 Å². The third-order valence-corrected chi connectivity index (χ3v) is 3.32. The van der Waals surface area contributed by atoms with E-state index >= 15 is 0 Å². The molecule has 104 valence electrons. The Morgan fingerprint density at radius 2 is 1.70 bits per heavy atom. The van der Waals surface area contributed by atoms with Gasteiger partial charge in [0.15, 0.2) is 0 Å². The Balaban J connectivity index is 1.54. The summed E-state index contributed by atoms with van der Waals surface area (Å²) in [6.45, 7) is 1.83. The molecule has 4 nitrogen and oxygen atoms in total. The maximum Gasteiger partial charge on any atom is 0.130 e. The van der Waals surface area contributed by atoms with Crippen LogP contribution in [0, 0.1) is 0 Å². The maximum absolute atomic E-state index is 5.77. The molecule has 20 heavy (non-hydrogen) atoms. The average Bonchev–Trinajstić information content (AvgIpc) is 3.01. The molecule has 2 aromatic rings. The minimum Gasteiger partial charge on any atom is -0.492 e. The summed E-state index contributed by atoms with van der Waals surface area (Å²) in [5.41, 5.74) is 0. The van der Waals surface area contributed by atoms with Crippen molar-refractivity contribution in [1.29, 1.82) is 0 Å². The standard InChI is InChI=1S/C16H18N2O2/c1-2-13(18-9-1)12-19-14-3-5-15(6-4-14)20-16-7-10-17-11-8-16/h3-8,10-11,13,18H,1-2,9,12H2. The first-order valence-corrected chi connectivity index (χ1v) is 6.94. The molecular formula is C16H18N2O2. The molecule has 0 spiro atoms. The van der Waals surface area contributed by atoms with Crippen LogP contribution in [0.3, 0.4) is 0 Å². The van der Waals surface area contributed by atoms with Crippen LogP contribution in [0.25, 0.3) is 0 Å². The highest BCUT2D eigenvalue weighted by molar-refractivity contribution is 5.34. The van der Waals surface area contributed by atoms with Crippen LogP contribution in [-0.4, -0.2) is 24.2 Å². The Labute approximate surface area is 118 Å². The molecular weight excluding hydrogens is 252 g/mol. The predicted molar refractivity (Wildman–Crippen MR) is 77.3 cm³/mol. The van der Waals surface area contributed by atoms with Crippen molar-refractivity contribution in [1.82, 2.24) is 10.3 Å². The number of hydrogen-bond donors (Lipinski definition) is 1. The van der Waals surface area contributed by atoms with E-state index in [2.05, 4.69) is 10.3 Å². The number of aromatic nitrogens is 1. The number of hydrogen-bond acceptors (Lipinski definition) is 4. The van der Waals surface area contributed by atoms with Gasteiger partial charge in [0.25, 0.3) is 0 Å². The molecule has 1 aliphatic rings. The van der Waals surface area contributed by atoms with Crippen molar-refractivity contribution in [2.45, 2.75) is 18.9 Å². The summed E-state index contributed by atoms with van der Waals surface area (Å²) in [6.07, 6.45) is 5.86. The van der Waals surface area contributed by atoms with Gasteiger partial charge in [-0.25, -0.2) is 0 Å². The summed E-state index contributed by atoms with van der Waals surface area (Å²) in [5, 5.41) is 3.42. The second-order valence-corrected chi connectivity index (χ2v) is 4.86. The van der Waals surface area contributed by atoms with Crippen molar-refractivity contribution in [3.05, 3.63) is 48.8 Å². The summed E-state index contributed by atoms with van der Waals surface area (Å²) in [7, 11) is 0. The first-order valence-electron chi connectivity index (χ1n) is 6.94. The highest BCUT2D eigenvalue weighted by Crippen LogP contribution is 2.23. The van der Waals surface area contributed by atoms with E-state index in [4.69, 9.17) is 9.47 Å². The molecule has 0 amide bonds. The summed E-state index contributed by atoms with van der Waals surface area (Å²) in [4.78, 5) is 3.96. The largest absolute Gasteiger partial charge is 0.492 e. The lowest BCUT2D eigenvalue weighted by Crippen LogP contribution is -2.28. The van der Waals surface area contributed by atoms with Gasteiger partial charge < -0.3 is 14.8 Å². The zero-order chi connectivity index (χ0) is 13.6. The van der Waals surface area contributed by atoms with E-state index < -0.39 is 0 Å². The zero-order valence-electron chi connectivity index (χ0n) is 11.3. The molecule has 0 radical (unpaired) electrons. The highest BCUT2D eigenvalue weighted by atomic mass is 16.5. The molecule has 0 aliphatic carbocycles. The van der Waals surface area contributed by atoms with Crippen molar-refractivity contribution < 1.29 is 9.47 Å². The molecule has 0 bridgehead atoms. The summed E-state index contributed by atoms with van der Waals surface area (Å²) < 4.78 is 11.5. The van der Waals surface area contributed by atoms with Crippen molar-refractivity contribution in [3.63, 3.8) is 0 Å². The van der Waals surface area contributed by atoms with Crippen LogP contribution in [0.1, 0.15) is 12.8 Å². The second-order valence-electron chi connectivity index (χ2n) is 4.86. The van der Waals surface area contributed by atoms with Crippen LogP contribution in [-0.2, 0) is 0 Å². The topological polar surface area (TPSA) is 43.4 Å². The fourth-order valence-electron chi connectivity index (χ4n) is 2.24. The van der Waals surface area contributed by atoms with E-state index in [0.717, 1.165) is 30.4 Å². The van der Waals surface area contributed by atoms with Gasteiger partial charge in [0, 0.05) is 18.4 Å². The SMILES string of the molecule is c1cc(Oc2ccc(OCC3CCCN3)cc2)ccn1. The minimum absolute atomic E-state index is 0.489. The maximum atomic E-state index is 5.77. The van der Waals surface area contributed by atoms with Gasteiger partial charge in [-0.3, -0.25) is 4.98 Å². The Hall–Kier alpha value is -2.07. The normalized spacial score (nSPS) is 17.9. The number of rotatable bonds is 5. The van der Waals surface area contributed by atoms with Crippen LogP contribution < -0.4 is 14.8 Å². The molecule has 1 N–H and O–H groups in total. The number of ether oxygens (including phenoxy) is 2. The van der Waals surface area contributed by atoms with Crippen molar-refractivity contribution in [2.75, 3.05) is 13.2 Å². The van der Waals surface area contributed by atoms with Gasteiger partial charge in [-0.2, -0.15) is 0 Å². The van der Waals surface area contributed by atoms with Crippen LogP contribution in [0.4, 0.5) is 0 Å². The first-order chi connectivity index (χ1) is 9.90. The van der Waals surface area contributed by atoms with Gasteiger partial charge in [0.1, 0.15) is 23.9 Å². The fraction of sp³-hybridized carbons (Fsp3) is 0.312. The number of benzene rings is 1. The summed E-state index contributed by atoms with van der Waals surface area (Å²) >= 11 is 0. The Morgan fingerprint density at radius 3 is 2.40 bits per heavy atom. The molecule has 4 heteroatoms. The molecule has 1 aromatic carbocycles. The molecule has 1 atom stereocenters. The predicted octanol–water partition coefficient (Wildman–Crippen LogP) is 3.00. The molecule has 1 aliphatic heterocycles. The van der Waals surface area contributed by atoms with Gasteiger partial charge in [0.05, 0.1) is 0 Å². The van der Waals surface area contributed by atoms with Crippen molar-refractivity contribution >= 4 is 0 Å². The molecule has 1 aromatic heterocycles. The number of nitrogens with zero attached hydrogens (tertiary/aromatic N) is 1. The lowest BCUT2D eigenvalue weighted by atomic mass is 10.2. The average molecular weight is 270 g/mol. The van der Waals surface area contributed by atoms with Crippen LogP contribution in [0.15, 0.2) is 48.8 Å². The van der Waals surface area contributed by atoms with E-state index in [9.17, 15) is 0 Å². The third-order valence-electron chi connectivity index (χ3n) is 3.32. The molecule has 3 rings (SSSR count). The lowest BCUT2D eigenvalue weighted by molar-refractivity contribution is 0.277. The minimum atomic E-state index is 0.489. The monoisotopic (exact) mass is 270 g/mol. The van der Waals surface area contributed by atoms with E-state index in [-0.39, 0.29) is 0 Å². The zero-order valence-corrected chi connectivity index (χ0v) is 11.3. The second kappa shape index (κ2) is 6.39. The quantitative estimate of drug-likeness (QED) is 0.907. The van der Waals surface area contributed by atoms with Crippen LogP contribution >= 0.6 is 0 Å². The Kier molecular flexibility index (Phi) is 4.13. The molecule has 2 heterocycles. The fourth-order valence-corrected chi connectivity index (χ4v) is 2.24.